The molecule has 4 rings (SSSR count). The molecule has 27 heavy (non-hydrogen) atoms. The second-order valence-electron chi connectivity index (χ2n) is 6.12. The van der Waals surface area contributed by atoms with E-state index in [1.807, 2.05) is 43.3 Å². The number of aromatic nitrogens is 3. The van der Waals surface area contributed by atoms with Crippen molar-refractivity contribution in [1.82, 2.24) is 15.0 Å². The van der Waals surface area contributed by atoms with Crippen molar-refractivity contribution in [1.29, 1.82) is 5.26 Å². The summed E-state index contributed by atoms with van der Waals surface area (Å²) >= 11 is 6.44. The van der Waals surface area contributed by atoms with Gasteiger partial charge < -0.3 is 5.73 Å². The van der Waals surface area contributed by atoms with Crippen LogP contribution in [0.3, 0.4) is 0 Å². The molecule has 0 saturated heterocycles. The third kappa shape index (κ3) is 2.97. The van der Waals surface area contributed by atoms with Gasteiger partial charge in [-0.05, 0) is 36.8 Å². The van der Waals surface area contributed by atoms with Crippen LogP contribution in [0.4, 0.5) is 5.82 Å². The molecule has 0 saturated carbocycles. The van der Waals surface area contributed by atoms with Gasteiger partial charge in [-0.3, -0.25) is 9.97 Å². The molecule has 2 heterocycles. The Kier molecular flexibility index (Phi) is 4.19. The van der Waals surface area contributed by atoms with Gasteiger partial charge in [-0.15, -0.1) is 0 Å². The minimum Gasteiger partial charge on any atom is -0.382 e. The highest BCUT2D eigenvalue weighted by molar-refractivity contribution is 6.35. The van der Waals surface area contributed by atoms with Crippen molar-refractivity contribution in [2.24, 2.45) is 0 Å². The molecule has 5 nitrogen and oxygen atoms in total. The van der Waals surface area contributed by atoms with E-state index in [0.717, 1.165) is 27.6 Å². The zero-order valence-electron chi connectivity index (χ0n) is 14.4. The summed E-state index contributed by atoms with van der Waals surface area (Å²) in [7, 11) is 0. The number of nitrogen functional groups attached to an aromatic ring is 1. The van der Waals surface area contributed by atoms with E-state index in [4.69, 9.17) is 17.3 Å². The predicted octanol–water partition coefficient (Wildman–Crippen LogP) is 4.77. The molecule has 2 N–H and O–H groups in total. The molecule has 2 aromatic carbocycles. The molecule has 0 amide bonds. The molecule has 0 unspecified atom stereocenters. The van der Waals surface area contributed by atoms with Crippen LogP contribution in [0.5, 0.6) is 0 Å². The number of anilines is 1. The van der Waals surface area contributed by atoms with E-state index in [9.17, 15) is 5.26 Å². The van der Waals surface area contributed by atoms with Crippen molar-refractivity contribution in [2.75, 3.05) is 5.73 Å². The Labute approximate surface area is 161 Å². The lowest BCUT2D eigenvalue weighted by molar-refractivity contribution is 1.21. The fourth-order valence-electron chi connectivity index (χ4n) is 3.10. The number of fused-ring (bicyclic) bond motifs is 1. The quantitative estimate of drug-likeness (QED) is 0.548. The van der Waals surface area contributed by atoms with Gasteiger partial charge in [0.1, 0.15) is 5.82 Å². The summed E-state index contributed by atoms with van der Waals surface area (Å²) < 4.78 is 0. The van der Waals surface area contributed by atoms with Crippen LogP contribution >= 0.6 is 11.6 Å². The molecule has 0 aliphatic carbocycles. The van der Waals surface area contributed by atoms with Gasteiger partial charge in [0.15, 0.2) is 0 Å². The molecular formula is C21H14ClN5. The average Bonchev–Trinajstić information content (AvgIpc) is 2.68. The van der Waals surface area contributed by atoms with Crippen molar-refractivity contribution < 1.29 is 0 Å². The molecule has 0 bridgehead atoms. The lowest BCUT2D eigenvalue weighted by Gasteiger charge is -2.13. The zero-order valence-corrected chi connectivity index (χ0v) is 15.2. The van der Waals surface area contributed by atoms with E-state index in [0.29, 0.717) is 27.8 Å². The second kappa shape index (κ2) is 6.67. The highest BCUT2D eigenvalue weighted by Gasteiger charge is 2.16. The van der Waals surface area contributed by atoms with Crippen LogP contribution in [0, 0.1) is 18.3 Å². The van der Waals surface area contributed by atoms with Gasteiger partial charge in [-0.1, -0.05) is 29.8 Å². The van der Waals surface area contributed by atoms with E-state index < -0.39 is 0 Å². The first-order valence-electron chi connectivity index (χ1n) is 8.25. The Hall–Kier alpha value is -3.49. The SMILES string of the molecule is Cc1c(C#N)cccc1-c1nc(N)cnc1-c1cc(Cl)c2ncccc2c1. The maximum atomic E-state index is 9.35. The molecule has 130 valence electrons. The third-order valence-corrected chi connectivity index (χ3v) is 4.72. The number of hydrogen-bond acceptors (Lipinski definition) is 5. The van der Waals surface area contributed by atoms with Gasteiger partial charge in [0.05, 0.1) is 39.8 Å². The van der Waals surface area contributed by atoms with E-state index in [1.54, 1.807) is 12.3 Å². The van der Waals surface area contributed by atoms with E-state index >= 15 is 0 Å². The number of nitrogens with zero attached hydrogens (tertiary/aromatic N) is 4. The number of halogens is 1. The molecular weight excluding hydrogens is 358 g/mol. The van der Waals surface area contributed by atoms with Crippen molar-refractivity contribution in [3.05, 3.63) is 71.0 Å². The number of rotatable bonds is 2. The van der Waals surface area contributed by atoms with E-state index in [2.05, 4.69) is 21.0 Å². The van der Waals surface area contributed by atoms with Crippen LogP contribution < -0.4 is 5.73 Å². The van der Waals surface area contributed by atoms with Crippen LogP contribution in [-0.2, 0) is 0 Å². The molecule has 0 spiro atoms. The highest BCUT2D eigenvalue weighted by atomic mass is 35.5. The third-order valence-electron chi connectivity index (χ3n) is 4.43. The lowest BCUT2D eigenvalue weighted by Crippen LogP contribution is -2.00. The summed E-state index contributed by atoms with van der Waals surface area (Å²) in [5.74, 6) is 0.309. The minimum absolute atomic E-state index is 0.309. The zero-order chi connectivity index (χ0) is 19.0. The van der Waals surface area contributed by atoms with Crippen LogP contribution in [0.2, 0.25) is 5.02 Å². The van der Waals surface area contributed by atoms with Crippen molar-refractivity contribution >= 4 is 28.3 Å². The van der Waals surface area contributed by atoms with Crippen LogP contribution in [0.15, 0.2) is 54.9 Å². The number of nitriles is 1. The molecule has 4 aromatic rings. The molecule has 0 aliphatic heterocycles. The van der Waals surface area contributed by atoms with Gasteiger partial charge in [0, 0.05) is 22.7 Å². The number of pyridine rings is 1. The van der Waals surface area contributed by atoms with Gasteiger partial charge in [0.2, 0.25) is 0 Å². The maximum Gasteiger partial charge on any atom is 0.142 e. The van der Waals surface area contributed by atoms with E-state index in [1.165, 1.54) is 6.20 Å². The Morgan fingerprint density at radius 3 is 2.74 bits per heavy atom. The molecule has 0 fully saturated rings. The topological polar surface area (TPSA) is 88.5 Å². The highest BCUT2D eigenvalue weighted by Crippen LogP contribution is 2.35. The van der Waals surface area contributed by atoms with Crippen LogP contribution in [0.25, 0.3) is 33.4 Å². The molecule has 0 radical (unpaired) electrons. The molecule has 6 heteroatoms. The molecule has 2 aromatic heterocycles. The van der Waals surface area contributed by atoms with Crippen LogP contribution in [0.1, 0.15) is 11.1 Å². The summed E-state index contributed by atoms with van der Waals surface area (Å²) in [6, 6.07) is 15.3. The fraction of sp³-hybridized carbons (Fsp3) is 0.0476. The van der Waals surface area contributed by atoms with Gasteiger partial charge in [-0.2, -0.15) is 5.26 Å². The minimum atomic E-state index is 0.309. The first kappa shape index (κ1) is 17.0. The number of nitrogens with two attached hydrogens (primary N) is 1. The van der Waals surface area contributed by atoms with Gasteiger partial charge >= 0.3 is 0 Å². The van der Waals surface area contributed by atoms with Gasteiger partial charge in [0.25, 0.3) is 0 Å². The largest absolute Gasteiger partial charge is 0.382 e. The first-order valence-corrected chi connectivity index (χ1v) is 8.63. The van der Waals surface area contributed by atoms with Crippen molar-refractivity contribution in [2.45, 2.75) is 6.92 Å². The standard InChI is InChI=1S/C21H14ClN5/c1-12-14(10-23)4-2-6-16(12)21-20(26-11-18(24)27-21)15-8-13-5-3-7-25-19(13)17(22)9-15/h2-9,11H,1H3,(H2,24,27). The first-order chi connectivity index (χ1) is 13.1. The maximum absolute atomic E-state index is 9.35. The predicted molar refractivity (Wildman–Crippen MR) is 107 cm³/mol. The molecule has 0 atom stereocenters. The smallest absolute Gasteiger partial charge is 0.142 e. The summed E-state index contributed by atoms with van der Waals surface area (Å²) in [6.07, 6.45) is 3.22. The Morgan fingerprint density at radius 2 is 1.93 bits per heavy atom. The summed E-state index contributed by atoms with van der Waals surface area (Å²) in [6.45, 7) is 1.89. The molecule has 0 aliphatic rings. The number of hydrogen-bond donors (Lipinski definition) is 1. The van der Waals surface area contributed by atoms with Crippen molar-refractivity contribution in [3.8, 4) is 28.6 Å². The normalized spacial score (nSPS) is 10.7. The van der Waals surface area contributed by atoms with Crippen molar-refractivity contribution in [3.63, 3.8) is 0 Å². The Morgan fingerprint density at radius 1 is 1.07 bits per heavy atom. The monoisotopic (exact) mass is 371 g/mol. The van der Waals surface area contributed by atoms with E-state index in [-0.39, 0.29) is 0 Å². The summed E-state index contributed by atoms with van der Waals surface area (Å²) in [5.41, 5.74) is 10.9. The second-order valence-corrected chi connectivity index (χ2v) is 6.52. The fourth-order valence-corrected chi connectivity index (χ4v) is 3.38. The Bertz CT molecular complexity index is 1230. The van der Waals surface area contributed by atoms with Crippen LogP contribution in [-0.4, -0.2) is 15.0 Å². The average molecular weight is 372 g/mol. The van der Waals surface area contributed by atoms with Gasteiger partial charge in [-0.25, -0.2) is 4.98 Å². The summed E-state index contributed by atoms with van der Waals surface area (Å²) in [5, 5.41) is 10.8. The number of benzene rings is 2. The lowest BCUT2D eigenvalue weighted by atomic mass is 9.96. The summed E-state index contributed by atoms with van der Waals surface area (Å²) in [4.78, 5) is 13.4. The Balaban J connectivity index is 2.00.